The van der Waals surface area contributed by atoms with Gasteiger partial charge in [-0.3, -0.25) is 9.89 Å². The van der Waals surface area contributed by atoms with Gasteiger partial charge in [-0.25, -0.2) is 0 Å². The second-order valence-corrected chi connectivity index (χ2v) is 8.26. The molecule has 0 bridgehead atoms. The largest absolute Gasteiger partial charge is 0.373 e. The minimum Gasteiger partial charge on any atom is -0.373 e. The second kappa shape index (κ2) is 12.3. The van der Waals surface area contributed by atoms with Gasteiger partial charge in [0.1, 0.15) is 0 Å². The van der Waals surface area contributed by atoms with E-state index >= 15 is 0 Å². The molecule has 0 radical (unpaired) electrons. The number of unbranched alkanes of at least 4 members (excludes halogenated alkanes) is 1. The first-order valence-corrected chi connectivity index (χ1v) is 11.4. The SMILES string of the molecule is CN=C(NCCCCSC)NCc1ccccc1CN1CC(C)OC(C)C1. The Hall–Kier alpha value is -1.24. The molecule has 1 aromatic carbocycles. The van der Waals surface area contributed by atoms with Gasteiger partial charge in [0.15, 0.2) is 5.96 Å². The summed E-state index contributed by atoms with van der Waals surface area (Å²) < 4.78 is 5.86. The van der Waals surface area contributed by atoms with Crippen LogP contribution >= 0.6 is 11.8 Å². The summed E-state index contributed by atoms with van der Waals surface area (Å²) in [6.45, 7) is 9.02. The Morgan fingerprint density at radius 2 is 1.85 bits per heavy atom. The normalized spacial score (nSPS) is 21.3. The molecule has 2 atom stereocenters. The Morgan fingerprint density at radius 3 is 2.52 bits per heavy atom. The Kier molecular flexibility index (Phi) is 10.0. The monoisotopic (exact) mass is 392 g/mol. The van der Waals surface area contributed by atoms with Crippen LogP contribution in [-0.2, 0) is 17.8 Å². The number of ether oxygens (including phenoxy) is 1. The predicted octanol–water partition coefficient (Wildman–Crippen LogP) is 3.10. The maximum Gasteiger partial charge on any atom is 0.191 e. The summed E-state index contributed by atoms with van der Waals surface area (Å²) in [5.41, 5.74) is 2.70. The average molecular weight is 393 g/mol. The van der Waals surface area contributed by atoms with Gasteiger partial charge in [0.25, 0.3) is 0 Å². The third-order valence-corrected chi connectivity index (χ3v) is 5.44. The van der Waals surface area contributed by atoms with Crippen LogP contribution in [-0.4, -0.2) is 61.8 Å². The molecule has 0 spiro atoms. The topological polar surface area (TPSA) is 48.9 Å². The first-order chi connectivity index (χ1) is 13.1. The summed E-state index contributed by atoms with van der Waals surface area (Å²) in [5, 5.41) is 6.88. The molecule has 6 heteroatoms. The molecule has 0 amide bonds. The number of thioether (sulfide) groups is 1. The highest BCUT2D eigenvalue weighted by molar-refractivity contribution is 7.98. The van der Waals surface area contributed by atoms with E-state index in [1.54, 1.807) is 0 Å². The van der Waals surface area contributed by atoms with Crippen LogP contribution in [0.3, 0.4) is 0 Å². The van der Waals surface area contributed by atoms with Crippen molar-refractivity contribution in [2.75, 3.05) is 38.7 Å². The summed E-state index contributed by atoms with van der Waals surface area (Å²) in [6, 6.07) is 8.69. The molecule has 2 N–H and O–H groups in total. The van der Waals surface area contributed by atoms with Gasteiger partial charge >= 0.3 is 0 Å². The van der Waals surface area contributed by atoms with E-state index in [9.17, 15) is 0 Å². The lowest BCUT2D eigenvalue weighted by atomic mass is 10.1. The lowest BCUT2D eigenvalue weighted by Crippen LogP contribution is -2.45. The fourth-order valence-corrected chi connectivity index (χ4v) is 4.01. The number of rotatable bonds is 9. The van der Waals surface area contributed by atoms with Gasteiger partial charge in [-0.05, 0) is 49.8 Å². The van der Waals surface area contributed by atoms with Gasteiger partial charge in [-0.1, -0.05) is 24.3 Å². The lowest BCUT2D eigenvalue weighted by molar-refractivity contribution is -0.0705. The van der Waals surface area contributed by atoms with E-state index in [1.165, 1.54) is 29.7 Å². The first-order valence-electron chi connectivity index (χ1n) is 10.0. The number of benzene rings is 1. The fraction of sp³-hybridized carbons (Fsp3) is 0.667. The van der Waals surface area contributed by atoms with Crippen molar-refractivity contribution in [2.45, 2.75) is 52.0 Å². The van der Waals surface area contributed by atoms with Crippen molar-refractivity contribution >= 4 is 17.7 Å². The Bertz CT molecular complexity index is 571. The quantitative estimate of drug-likeness (QED) is 0.384. The van der Waals surface area contributed by atoms with Crippen LogP contribution in [0.1, 0.15) is 37.8 Å². The first kappa shape index (κ1) is 22.1. The van der Waals surface area contributed by atoms with E-state index in [0.29, 0.717) is 12.2 Å². The van der Waals surface area contributed by atoms with Crippen molar-refractivity contribution in [1.29, 1.82) is 0 Å². The van der Waals surface area contributed by atoms with E-state index in [-0.39, 0.29) is 0 Å². The zero-order chi connectivity index (χ0) is 19.5. The summed E-state index contributed by atoms with van der Waals surface area (Å²) in [6.07, 6.45) is 5.17. The highest BCUT2D eigenvalue weighted by Gasteiger charge is 2.22. The van der Waals surface area contributed by atoms with Crippen LogP contribution < -0.4 is 10.6 Å². The number of morpholine rings is 1. The maximum atomic E-state index is 5.86. The zero-order valence-electron chi connectivity index (χ0n) is 17.3. The van der Waals surface area contributed by atoms with Crippen LogP contribution in [0, 0.1) is 0 Å². The van der Waals surface area contributed by atoms with Gasteiger partial charge in [-0.2, -0.15) is 11.8 Å². The summed E-state index contributed by atoms with van der Waals surface area (Å²) in [7, 11) is 1.83. The molecule has 0 saturated carbocycles. The Labute approximate surface area is 169 Å². The highest BCUT2D eigenvalue weighted by Crippen LogP contribution is 2.17. The summed E-state index contributed by atoms with van der Waals surface area (Å²) in [4.78, 5) is 6.84. The molecule has 5 nitrogen and oxygen atoms in total. The molecule has 27 heavy (non-hydrogen) atoms. The number of guanidine groups is 1. The summed E-state index contributed by atoms with van der Waals surface area (Å²) >= 11 is 1.90. The number of nitrogens with one attached hydrogen (secondary N) is 2. The molecule has 2 unspecified atom stereocenters. The van der Waals surface area contributed by atoms with Crippen LogP contribution in [0.4, 0.5) is 0 Å². The standard InChI is InChI=1S/C21H36N4OS/c1-17-14-25(15-18(2)26-17)16-20-10-6-5-9-19(20)13-24-21(22-3)23-11-7-8-12-27-4/h5-6,9-10,17-18H,7-8,11-16H2,1-4H3,(H2,22,23,24). The molecule has 1 aliphatic heterocycles. The van der Waals surface area contributed by atoms with Crippen molar-refractivity contribution in [3.05, 3.63) is 35.4 Å². The van der Waals surface area contributed by atoms with Crippen molar-refractivity contribution in [2.24, 2.45) is 4.99 Å². The van der Waals surface area contributed by atoms with Gasteiger partial charge < -0.3 is 15.4 Å². The summed E-state index contributed by atoms with van der Waals surface area (Å²) in [5.74, 6) is 2.10. The maximum absolute atomic E-state index is 5.86. The number of nitrogens with zero attached hydrogens (tertiary/aromatic N) is 2. The minimum atomic E-state index is 0.299. The molecule has 2 rings (SSSR count). The van der Waals surface area contributed by atoms with Gasteiger partial charge in [0.05, 0.1) is 12.2 Å². The van der Waals surface area contributed by atoms with Crippen molar-refractivity contribution in [1.82, 2.24) is 15.5 Å². The van der Waals surface area contributed by atoms with E-state index in [2.05, 4.69) is 64.9 Å². The zero-order valence-corrected chi connectivity index (χ0v) is 18.1. The molecular weight excluding hydrogens is 356 g/mol. The lowest BCUT2D eigenvalue weighted by Gasteiger charge is -2.35. The number of hydrogen-bond acceptors (Lipinski definition) is 4. The van der Waals surface area contributed by atoms with Crippen LogP contribution in [0.2, 0.25) is 0 Å². The number of hydrogen-bond donors (Lipinski definition) is 2. The smallest absolute Gasteiger partial charge is 0.191 e. The second-order valence-electron chi connectivity index (χ2n) is 7.27. The molecule has 1 fully saturated rings. The molecule has 1 saturated heterocycles. The fourth-order valence-electron chi connectivity index (χ4n) is 3.52. The van der Waals surface area contributed by atoms with Gasteiger partial charge in [0, 0.05) is 39.8 Å². The predicted molar refractivity (Wildman–Crippen MR) is 118 cm³/mol. The molecule has 1 aliphatic rings. The molecule has 0 aliphatic carbocycles. The molecule has 152 valence electrons. The van der Waals surface area contributed by atoms with E-state index in [1.807, 2.05) is 18.8 Å². The molecule has 0 aromatic heterocycles. The van der Waals surface area contributed by atoms with E-state index in [4.69, 9.17) is 4.74 Å². The molecule has 1 heterocycles. The third-order valence-electron chi connectivity index (χ3n) is 4.75. The van der Waals surface area contributed by atoms with Crippen molar-refractivity contribution in [3.63, 3.8) is 0 Å². The Morgan fingerprint density at radius 1 is 1.15 bits per heavy atom. The Balaban J connectivity index is 1.85. The van der Waals surface area contributed by atoms with Crippen LogP contribution in [0.5, 0.6) is 0 Å². The molecular formula is C21H36N4OS. The van der Waals surface area contributed by atoms with Gasteiger partial charge in [-0.15, -0.1) is 0 Å². The minimum absolute atomic E-state index is 0.299. The van der Waals surface area contributed by atoms with Crippen LogP contribution in [0.15, 0.2) is 29.3 Å². The average Bonchev–Trinajstić information content (AvgIpc) is 2.64. The highest BCUT2D eigenvalue weighted by atomic mass is 32.2. The number of aliphatic imine (C=N–C) groups is 1. The molecule has 1 aromatic rings. The van der Waals surface area contributed by atoms with E-state index < -0.39 is 0 Å². The van der Waals surface area contributed by atoms with Crippen molar-refractivity contribution < 1.29 is 4.74 Å². The third kappa shape index (κ3) is 8.11. The van der Waals surface area contributed by atoms with Gasteiger partial charge in [0.2, 0.25) is 0 Å². The van der Waals surface area contributed by atoms with Crippen molar-refractivity contribution in [3.8, 4) is 0 Å². The van der Waals surface area contributed by atoms with Crippen LogP contribution in [0.25, 0.3) is 0 Å². The van der Waals surface area contributed by atoms with E-state index in [0.717, 1.165) is 38.7 Å².